The van der Waals surface area contributed by atoms with Crippen molar-refractivity contribution in [2.45, 2.75) is 19.0 Å². The Labute approximate surface area is 72.7 Å². The maximum absolute atomic E-state index is 10.9. The highest BCUT2D eigenvalue weighted by Gasteiger charge is 2.32. The summed E-state index contributed by atoms with van der Waals surface area (Å²) < 4.78 is 15.9. The number of carboxylic acid groups (broad SMARTS) is 1. The number of carbonyl (C=O) groups is 1. The Morgan fingerprint density at radius 1 is 1.67 bits per heavy atom. The van der Waals surface area contributed by atoms with Gasteiger partial charge in [-0.15, -0.1) is 0 Å². The van der Waals surface area contributed by atoms with Gasteiger partial charge in [0.1, 0.15) is 6.66 Å². The number of rotatable bonds is 6. The van der Waals surface area contributed by atoms with Crippen LogP contribution in [0, 0.1) is 0 Å². The molecule has 0 spiro atoms. The minimum Gasteiger partial charge on any atom is -0.478 e. The smallest absolute Gasteiger partial charge is 0.355 e. The molecule has 0 aromatic rings. The highest BCUT2D eigenvalue weighted by Crippen LogP contribution is 2.25. The Balaban J connectivity index is 3.80. The van der Waals surface area contributed by atoms with E-state index in [-0.39, 0.29) is 0 Å². The first kappa shape index (κ1) is 11.5. The van der Waals surface area contributed by atoms with Gasteiger partial charge in [0.2, 0.25) is 0 Å². The van der Waals surface area contributed by atoms with E-state index in [9.17, 15) is 9.36 Å². The Kier molecular flexibility index (Phi) is 5.85. The monoisotopic (exact) mass is 193 g/mol. The summed E-state index contributed by atoms with van der Waals surface area (Å²) >= 11 is 0. The average molecular weight is 193 g/mol. The predicted octanol–water partition coefficient (Wildman–Crippen LogP) is 1.32. The number of carboxylic acids is 1. The molecule has 12 heavy (non-hydrogen) atoms. The standard InChI is InChI=1S/C7H13O4P/c1-3-11-5-4-6(7(8)9)12(2)10/h6H,3-5H2,1-2H3/p+1. The largest absolute Gasteiger partial charge is 0.478 e. The summed E-state index contributed by atoms with van der Waals surface area (Å²) in [6, 6.07) is 0. The molecule has 0 aromatic carbocycles. The molecule has 1 N–H and O–H groups in total. The Hall–Kier alpha value is -0.470. The van der Waals surface area contributed by atoms with E-state index in [0.29, 0.717) is 19.6 Å². The normalized spacial score (nSPS) is 14.0. The molecule has 0 aliphatic rings. The van der Waals surface area contributed by atoms with Gasteiger partial charge in [0, 0.05) is 13.0 Å². The van der Waals surface area contributed by atoms with Crippen LogP contribution in [0.4, 0.5) is 0 Å². The molecule has 5 heteroatoms. The second-order valence-corrected chi connectivity index (χ2v) is 4.10. The number of hydrogen-bond donors (Lipinski definition) is 1. The molecule has 0 heterocycles. The van der Waals surface area contributed by atoms with E-state index in [2.05, 4.69) is 0 Å². The van der Waals surface area contributed by atoms with Crippen LogP contribution in [0.5, 0.6) is 0 Å². The lowest BCUT2D eigenvalue weighted by Crippen LogP contribution is -2.18. The first-order valence-electron chi connectivity index (χ1n) is 3.80. The van der Waals surface area contributed by atoms with Crippen molar-refractivity contribution in [2.24, 2.45) is 0 Å². The maximum Gasteiger partial charge on any atom is 0.355 e. The minimum absolute atomic E-state index is 0.328. The molecule has 0 radical (unpaired) electrons. The quantitative estimate of drug-likeness (QED) is 0.510. The van der Waals surface area contributed by atoms with Gasteiger partial charge >= 0.3 is 13.8 Å². The van der Waals surface area contributed by atoms with Crippen molar-refractivity contribution in [2.75, 3.05) is 19.9 Å². The van der Waals surface area contributed by atoms with Gasteiger partial charge in [0.05, 0.1) is 6.61 Å². The molecule has 0 aliphatic heterocycles. The van der Waals surface area contributed by atoms with Gasteiger partial charge in [-0.1, -0.05) is 4.57 Å². The van der Waals surface area contributed by atoms with Gasteiger partial charge in [0.25, 0.3) is 5.66 Å². The predicted molar refractivity (Wildman–Crippen MR) is 46.1 cm³/mol. The van der Waals surface area contributed by atoms with Crippen LogP contribution in [0.3, 0.4) is 0 Å². The van der Waals surface area contributed by atoms with Gasteiger partial charge in [-0.05, 0) is 6.92 Å². The van der Waals surface area contributed by atoms with Gasteiger partial charge in [-0.2, -0.15) is 0 Å². The zero-order valence-corrected chi connectivity index (χ0v) is 8.21. The van der Waals surface area contributed by atoms with Crippen molar-refractivity contribution < 1.29 is 19.2 Å². The third-order valence-electron chi connectivity index (χ3n) is 1.46. The zero-order chi connectivity index (χ0) is 9.56. The second kappa shape index (κ2) is 6.09. The Bertz CT molecular complexity index is 155. The lowest BCUT2D eigenvalue weighted by atomic mass is 10.3. The molecule has 0 amide bonds. The third kappa shape index (κ3) is 4.42. The fraction of sp³-hybridized carbons (Fsp3) is 0.857. The molecular weight excluding hydrogens is 179 g/mol. The molecule has 0 aromatic heterocycles. The number of hydrogen-bond acceptors (Lipinski definition) is 3. The highest BCUT2D eigenvalue weighted by atomic mass is 31.1. The Morgan fingerprint density at radius 3 is 2.58 bits per heavy atom. The highest BCUT2D eigenvalue weighted by molar-refractivity contribution is 7.45. The van der Waals surface area contributed by atoms with Crippen molar-refractivity contribution in [3.8, 4) is 0 Å². The molecule has 0 saturated heterocycles. The first-order valence-corrected chi connectivity index (χ1v) is 5.57. The van der Waals surface area contributed by atoms with Crippen LogP contribution in [0.25, 0.3) is 0 Å². The van der Waals surface area contributed by atoms with Gasteiger partial charge in [0.15, 0.2) is 0 Å². The molecule has 0 bridgehead atoms. The topological polar surface area (TPSA) is 63.6 Å². The molecule has 0 saturated carbocycles. The number of ether oxygens (including phenoxy) is 1. The maximum atomic E-state index is 10.9. The average Bonchev–Trinajstić information content (AvgIpc) is 1.96. The van der Waals surface area contributed by atoms with Gasteiger partial charge in [-0.3, -0.25) is 0 Å². The second-order valence-electron chi connectivity index (χ2n) is 2.39. The summed E-state index contributed by atoms with van der Waals surface area (Å²) in [7, 11) is -1.65. The van der Waals surface area contributed by atoms with E-state index in [4.69, 9.17) is 9.84 Å². The SMILES string of the molecule is CCOCCC(C(=O)O)[P+](C)=O. The van der Waals surface area contributed by atoms with Crippen molar-refractivity contribution in [3.05, 3.63) is 0 Å². The molecule has 2 atom stereocenters. The summed E-state index contributed by atoms with van der Waals surface area (Å²) in [5, 5.41) is 8.60. The van der Waals surface area contributed by atoms with Crippen molar-refractivity contribution in [3.63, 3.8) is 0 Å². The molecule has 0 aliphatic carbocycles. The van der Waals surface area contributed by atoms with Crippen LogP contribution >= 0.6 is 7.80 Å². The van der Waals surface area contributed by atoms with E-state index < -0.39 is 19.4 Å². The van der Waals surface area contributed by atoms with E-state index >= 15 is 0 Å². The van der Waals surface area contributed by atoms with Crippen LogP contribution in [0.2, 0.25) is 0 Å². The summed E-state index contributed by atoms with van der Waals surface area (Å²) in [4.78, 5) is 10.5. The van der Waals surface area contributed by atoms with E-state index in [1.807, 2.05) is 6.92 Å². The Morgan fingerprint density at radius 2 is 2.25 bits per heavy atom. The zero-order valence-electron chi connectivity index (χ0n) is 7.32. The lowest BCUT2D eigenvalue weighted by molar-refractivity contribution is -0.136. The van der Waals surface area contributed by atoms with Crippen LogP contribution in [-0.2, 0) is 14.1 Å². The molecule has 4 nitrogen and oxygen atoms in total. The van der Waals surface area contributed by atoms with Crippen molar-refractivity contribution >= 4 is 13.8 Å². The summed E-state index contributed by atoms with van der Waals surface area (Å²) in [5.41, 5.74) is -0.758. The molecule has 70 valence electrons. The van der Waals surface area contributed by atoms with Crippen molar-refractivity contribution in [1.29, 1.82) is 0 Å². The van der Waals surface area contributed by atoms with Crippen LogP contribution in [0.1, 0.15) is 13.3 Å². The summed E-state index contributed by atoms with van der Waals surface area (Å²) in [6.07, 6.45) is 0.328. The molecule has 0 fully saturated rings. The molecule has 2 unspecified atom stereocenters. The third-order valence-corrected chi connectivity index (χ3v) is 2.82. The summed E-state index contributed by atoms with van der Waals surface area (Å²) in [6.45, 7) is 4.19. The van der Waals surface area contributed by atoms with Crippen LogP contribution in [0.15, 0.2) is 0 Å². The fourth-order valence-corrected chi connectivity index (χ4v) is 1.58. The van der Waals surface area contributed by atoms with E-state index in [1.165, 1.54) is 6.66 Å². The lowest BCUT2D eigenvalue weighted by Gasteiger charge is -2.00. The van der Waals surface area contributed by atoms with Crippen LogP contribution < -0.4 is 0 Å². The van der Waals surface area contributed by atoms with E-state index in [0.717, 1.165) is 0 Å². The van der Waals surface area contributed by atoms with E-state index in [1.54, 1.807) is 0 Å². The molecular formula is C7H14O4P+. The van der Waals surface area contributed by atoms with Crippen molar-refractivity contribution in [1.82, 2.24) is 0 Å². The fourth-order valence-electron chi connectivity index (χ4n) is 0.800. The van der Waals surface area contributed by atoms with Crippen LogP contribution in [-0.4, -0.2) is 36.6 Å². The minimum atomic E-state index is -1.65. The molecule has 0 rings (SSSR count). The van der Waals surface area contributed by atoms with Gasteiger partial charge in [-0.25, -0.2) is 4.79 Å². The summed E-state index contributed by atoms with van der Waals surface area (Å²) in [5.74, 6) is -1.00. The number of aliphatic carboxylic acids is 1. The van der Waals surface area contributed by atoms with Gasteiger partial charge < -0.3 is 9.84 Å². The first-order chi connectivity index (χ1) is 5.59.